The first-order valence-corrected chi connectivity index (χ1v) is 7.79. The fourth-order valence-corrected chi connectivity index (χ4v) is 2.37. The number of ether oxygens (including phenoxy) is 1. The molecule has 0 radical (unpaired) electrons. The van der Waals surface area contributed by atoms with E-state index in [1.54, 1.807) is 0 Å². The van der Waals surface area contributed by atoms with Crippen LogP contribution in [0.4, 0.5) is 0 Å². The van der Waals surface area contributed by atoms with Crippen molar-refractivity contribution in [2.24, 2.45) is 0 Å². The summed E-state index contributed by atoms with van der Waals surface area (Å²) < 4.78 is 6.93. The third-order valence-corrected chi connectivity index (χ3v) is 4.01. The van der Waals surface area contributed by atoms with E-state index in [0.717, 1.165) is 22.8 Å². The zero-order valence-electron chi connectivity index (χ0n) is 11.3. The molecule has 0 aromatic heterocycles. The van der Waals surface area contributed by atoms with Gasteiger partial charge in [-0.2, -0.15) is 0 Å². The van der Waals surface area contributed by atoms with Crippen LogP contribution in [-0.2, 0) is 13.2 Å². The van der Waals surface area contributed by atoms with E-state index in [9.17, 15) is 0 Å². The number of hydrogen-bond acceptors (Lipinski definition) is 2. The topological polar surface area (TPSA) is 21.3 Å². The van der Waals surface area contributed by atoms with Crippen LogP contribution in [0.2, 0.25) is 0 Å². The van der Waals surface area contributed by atoms with E-state index in [1.807, 2.05) is 24.3 Å². The molecule has 3 rings (SSSR count). The molecule has 1 N–H and O–H groups in total. The second-order valence-electron chi connectivity index (χ2n) is 5.17. The Kier molecular flexibility index (Phi) is 4.38. The van der Waals surface area contributed by atoms with Gasteiger partial charge in [-0.25, -0.2) is 0 Å². The third kappa shape index (κ3) is 3.84. The summed E-state index contributed by atoms with van der Waals surface area (Å²) in [6.45, 7) is 1.55. The number of nitrogens with one attached hydrogen (secondary N) is 1. The van der Waals surface area contributed by atoms with Crippen molar-refractivity contribution >= 4 is 15.9 Å². The minimum absolute atomic E-state index is 0.615. The van der Waals surface area contributed by atoms with Crippen LogP contribution in [-0.4, -0.2) is 6.04 Å². The Morgan fingerprint density at radius 3 is 2.40 bits per heavy atom. The van der Waals surface area contributed by atoms with E-state index in [-0.39, 0.29) is 0 Å². The minimum atomic E-state index is 0.615. The summed E-state index contributed by atoms with van der Waals surface area (Å²) in [5.41, 5.74) is 2.58. The summed E-state index contributed by atoms with van der Waals surface area (Å²) in [5.74, 6) is 0.901. The molecule has 2 aromatic carbocycles. The fourth-order valence-electron chi connectivity index (χ4n) is 2.10. The molecule has 0 aliphatic heterocycles. The van der Waals surface area contributed by atoms with Gasteiger partial charge < -0.3 is 10.1 Å². The second-order valence-corrected chi connectivity index (χ2v) is 6.08. The van der Waals surface area contributed by atoms with Crippen molar-refractivity contribution in [2.45, 2.75) is 32.0 Å². The first-order valence-electron chi connectivity index (χ1n) is 7.00. The normalized spacial score (nSPS) is 14.2. The van der Waals surface area contributed by atoms with E-state index in [0.29, 0.717) is 6.61 Å². The number of halogens is 1. The van der Waals surface area contributed by atoms with Crippen LogP contribution in [0.15, 0.2) is 53.0 Å². The summed E-state index contributed by atoms with van der Waals surface area (Å²) in [5, 5.41) is 3.56. The van der Waals surface area contributed by atoms with E-state index in [4.69, 9.17) is 4.74 Å². The molecule has 2 nitrogen and oxygen atoms in total. The molecule has 0 heterocycles. The van der Waals surface area contributed by atoms with E-state index in [2.05, 4.69) is 45.5 Å². The van der Waals surface area contributed by atoms with Crippen molar-refractivity contribution in [1.29, 1.82) is 0 Å². The smallest absolute Gasteiger partial charge is 0.119 e. The van der Waals surface area contributed by atoms with Gasteiger partial charge in [-0.3, -0.25) is 0 Å². The van der Waals surface area contributed by atoms with Crippen LogP contribution >= 0.6 is 15.9 Å². The lowest BCUT2D eigenvalue weighted by molar-refractivity contribution is 0.304. The third-order valence-electron chi connectivity index (χ3n) is 3.48. The Balaban J connectivity index is 1.62. The molecule has 20 heavy (non-hydrogen) atoms. The van der Waals surface area contributed by atoms with Crippen LogP contribution in [0.3, 0.4) is 0 Å². The molecule has 2 aromatic rings. The van der Waals surface area contributed by atoms with Gasteiger partial charge >= 0.3 is 0 Å². The summed E-state index contributed by atoms with van der Waals surface area (Å²) in [4.78, 5) is 0. The SMILES string of the molecule is Brc1ccc(OCc2ccccc2CNC2CC2)cc1. The monoisotopic (exact) mass is 331 g/mol. The van der Waals surface area contributed by atoms with Crippen molar-refractivity contribution < 1.29 is 4.74 Å². The molecule has 1 aliphatic rings. The molecule has 0 saturated heterocycles. The van der Waals surface area contributed by atoms with Gasteiger partial charge in [-0.15, -0.1) is 0 Å². The van der Waals surface area contributed by atoms with Crippen LogP contribution in [0, 0.1) is 0 Å². The zero-order chi connectivity index (χ0) is 13.8. The maximum absolute atomic E-state index is 5.86. The molecule has 1 saturated carbocycles. The predicted octanol–water partition coefficient (Wildman–Crippen LogP) is 4.28. The van der Waals surface area contributed by atoms with Gasteiger partial charge in [0.05, 0.1) is 0 Å². The quantitative estimate of drug-likeness (QED) is 0.852. The minimum Gasteiger partial charge on any atom is -0.489 e. The largest absolute Gasteiger partial charge is 0.489 e. The Hall–Kier alpha value is -1.32. The molecule has 0 amide bonds. The number of benzene rings is 2. The highest BCUT2D eigenvalue weighted by atomic mass is 79.9. The molecule has 0 spiro atoms. The van der Waals surface area contributed by atoms with Gasteiger partial charge in [0.15, 0.2) is 0 Å². The highest BCUT2D eigenvalue weighted by molar-refractivity contribution is 9.10. The van der Waals surface area contributed by atoms with Crippen molar-refractivity contribution in [1.82, 2.24) is 5.32 Å². The molecule has 3 heteroatoms. The fraction of sp³-hybridized carbons (Fsp3) is 0.294. The predicted molar refractivity (Wildman–Crippen MR) is 84.8 cm³/mol. The van der Waals surface area contributed by atoms with Crippen LogP contribution < -0.4 is 10.1 Å². The standard InChI is InChI=1S/C17H18BrNO/c18-15-5-9-17(10-6-15)20-12-14-4-2-1-3-13(14)11-19-16-7-8-16/h1-6,9-10,16,19H,7-8,11-12H2. The molecule has 1 aliphatic carbocycles. The van der Waals surface area contributed by atoms with Gasteiger partial charge in [0.2, 0.25) is 0 Å². The van der Waals surface area contributed by atoms with Gasteiger partial charge in [-0.1, -0.05) is 40.2 Å². The average Bonchev–Trinajstić information content (AvgIpc) is 3.30. The van der Waals surface area contributed by atoms with E-state index < -0.39 is 0 Å². The Labute approximate surface area is 128 Å². The van der Waals surface area contributed by atoms with Gasteiger partial charge in [0.1, 0.15) is 12.4 Å². The van der Waals surface area contributed by atoms with Crippen molar-refractivity contribution in [3.63, 3.8) is 0 Å². The molecule has 0 unspecified atom stereocenters. The first kappa shape index (κ1) is 13.7. The first-order chi connectivity index (χ1) is 9.81. The van der Waals surface area contributed by atoms with Gasteiger partial charge in [0, 0.05) is 17.1 Å². The molecular weight excluding hydrogens is 314 g/mol. The lowest BCUT2D eigenvalue weighted by Crippen LogP contribution is -2.16. The van der Waals surface area contributed by atoms with Crippen LogP contribution in [0.25, 0.3) is 0 Å². The Morgan fingerprint density at radius 2 is 1.70 bits per heavy atom. The van der Waals surface area contributed by atoms with Crippen LogP contribution in [0.5, 0.6) is 5.75 Å². The Bertz CT molecular complexity index is 563. The molecule has 104 valence electrons. The number of rotatable bonds is 6. The average molecular weight is 332 g/mol. The summed E-state index contributed by atoms with van der Waals surface area (Å²) in [6.07, 6.45) is 2.63. The summed E-state index contributed by atoms with van der Waals surface area (Å²) in [7, 11) is 0. The van der Waals surface area contributed by atoms with Gasteiger partial charge in [0.25, 0.3) is 0 Å². The molecule has 0 atom stereocenters. The van der Waals surface area contributed by atoms with E-state index in [1.165, 1.54) is 24.0 Å². The zero-order valence-corrected chi connectivity index (χ0v) is 12.9. The second kappa shape index (κ2) is 6.42. The maximum atomic E-state index is 5.86. The lowest BCUT2D eigenvalue weighted by atomic mass is 10.1. The van der Waals surface area contributed by atoms with Crippen molar-refractivity contribution in [3.8, 4) is 5.75 Å². The summed E-state index contributed by atoms with van der Waals surface area (Å²) >= 11 is 3.43. The van der Waals surface area contributed by atoms with Crippen molar-refractivity contribution in [2.75, 3.05) is 0 Å². The molecule has 1 fully saturated rings. The molecular formula is C17H18BrNO. The van der Waals surface area contributed by atoms with Crippen LogP contribution in [0.1, 0.15) is 24.0 Å². The highest BCUT2D eigenvalue weighted by Gasteiger charge is 2.20. The van der Waals surface area contributed by atoms with E-state index >= 15 is 0 Å². The lowest BCUT2D eigenvalue weighted by Gasteiger charge is -2.11. The maximum Gasteiger partial charge on any atom is 0.119 e. The van der Waals surface area contributed by atoms with Crippen molar-refractivity contribution in [3.05, 3.63) is 64.1 Å². The Morgan fingerprint density at radius 1 is 1.00 bits per heavy atom. The molecule has 0 bridgehead atoms. The highest BCUT2D eigenvalue weighted by Crippen LogP contribution is 2.21. The number of hydrogen-bond donors (Lipinski definition) is 1. The summed E-state index contributed by atoms with van der Waals surface area (Å²) in [6, 6.07) is 17.2. The van der Waals surface area contributed by atoms with Gasteiger partial charge in [-0.05, 0) is 48.2 Å².